The van der Waals surface area contributed by atoms with E-state index in [-0.39, 0.29) is 5.56 Å². The molecular formula is C12H15N3O2. The van der Waals surface area contributed by atoms with Crippen molar-refractivity contribution in [3.63, 3.8) is 0 Å². The van der Waals surface area contributed by atoms with E-state index < -0.39 is 0 Å². The van der Waals surface area contributed by atoms with Gasteiger partial charge in [0.1, 0.15) is 5.76 Å². The van der Waals surface area contributed by atoms with Crippen molar-refractivity contribution in [3.8, 4) is 0 Å². The van der Waals surface area contributed by atoms with Gasteiger partial charge in [0.15, 0.2) is 0 Å². The summed E-state index contributed by atoms with van der Waals surface area (Å²) in [6.45, 7) is 3.27. The minimum atomic E-state index is -0.0758. The van der Waals surface area contributed by atoms with Gasteiger partial charge in [0, 0.05) is 31.4 Å². The van der Waals surface area contributed by atoms with E-state index in [2.05, 4.69) is 15.0 Å². The summed E-state index contributed by atoms with van der Waals surface area (Å²) in [5.74, 6) is 0.810. The Labute approximate surface area is 99.1 Å². The van der Waals surface area contributed by atoms with Crippen LogP contribution in [0.5, 0.6) is 0 Å². The van der Waals surface area contributed by atoms with Crippen molar-refractivity contribution >= 4 is 0 Å². The smallest absolute Gasteiger partial charge is 0.248 e. The Morgan fingerprint density at radius 3 is 2.88 bits per heavy atom. The maximum Gasteiger partial charge on any atom is 0.248 e. The first-order valence-electron chi connectivity index (χ1n) is 5.42. The molecule has 2 rings (SSSR count). The van der Waals surface area contributed by atoms with Gasteiger partial charge in [0.05, 0.1) is 5.69 Å². The first kappa shape index (κ1) is 11.6. The van der Waals surface area contributed by atoms with Crippen molar-refractivity contribution in [1.29, 1.82) is 0 Å². The molecule has 1 N–H and O–H groups in total. The number of hydrogen-bond donors (Lipinski definition) is 1. The number of hydrogen-bond acceptors (Lipinski definition) is 4. The Morgan fingerprint density at radius 1 is 1.41 bits per heavy atom. The Bertz CT molecular complexity index is 544. The third kappa shape index (κ3) is 3.29. The fourth-order valence-electron chi connectivity index (χ4n) is 1.72. The van der Waals surface area contributed by atoms with E-state index in [1.54, 1.807) is 12.3 Å². The van der Waals surface area contributed by atoms with Crippen molar-refractivity contribution < 1.29 is 4.52 Å². The van der Waals surface area contributed by atoms with E-state index in [1.165, 1.54) is 0 Å². The maximum absolute atomic E-state index is 11.1. The summed E-state index contributed by atoms with van der Waals surface area (Å²) in [6.07, 6.45) is 1.66. The number of aromatic nitrogens is 2. The molecule has 2 aromatic rings. The van der Waals surface area contributed by atoms with Gasteiger partial charge in [-0.25, -0.2) is 0 Å². The lowest BCUT2D eigenvalue weighted by Crippen LogP contribution is -2.18. The predicted molar refractivity (Wildman–Crippen MR) is 63.5 cm³/mol. The number of aryl methyl sites for hydroxylation is 1. The van der Waals surface area contributed by atoms with Gasteiger partial charge in [0.25, 0.3) is 0 Å². The van der Waals surface area contributed by atoms with Crippen LogP contribution in [0.2, 0.25) is 0 Å². The van der Waals surface area contributed by atoms with Crippen molar-refractivity contribution in [1.82, 2.24) is 15.0 Å². The summed E-state index contributed by atoms with van der Waals surface area (Å²) in [5, 5.41) is 3.93. The normalized spacial score (nSPS) is 11.0. The quantitative estimate of drug-likeness (QED) is 0.864. The molecule has 0 aliphatic rings. The summed E-state index contributed by atoms with van der Waals surface area (Å²) in [7, 11) is 1.98. The van der Waals surface area contributed by atoms with Gasteiger partial charge in [-0.05, 0) is 25.6 Å². The molecule has 0 atom stereocenters. The van der Waals surface area contributed by atoms with Crippen molar-refractivity contribution in [3.05, 3.63) is 51.8 Å². The van der Waals surface area contributed by atoms with E-state index >= 15 is 0 Å². The molecule has 5 heteroatoms. The monoisotopic (exact) mass is 233 g/mol. The lowest BCUT2D eigenvalue weighted by molar-refractivity contribution is 0.302. The van der Waals surface area contributed by atoms with E-state index in [4.69, 9.17) is 4.52 Å². The zero-order valence-electron chi connectivity index (χ0n) is 9.93. The number of aromatic amines is 1. The first-order chi connectivity index (χ1) is 8.13. The second-order valence-corrected chi connectivity index (χ2v) is 4.16. The number of nitrogens with zero attached hydrogens (tertiary/aromatic N) is 2. The van der Waals surface area contributed by atoms with Gasteiger partial charge in [-0.3, -0.25) is 9.69 Å². The highest BCUT2D eigenvalue weighted by atomic mass is 16.5. The van der Waals surface area contributed by atoms with Crippen LogP contribution in [0.4, 0.5) is 0 Å². The molecular weight excluding hydrogens is 218 g/mol. The van der Waals surface area contributed by atoms with E-state index in [9.17, 15) is 4.79 Å². The first-order valence-corrected chi connectivity index (χ1v) is 5.42. The zero-order valence-corrected chi connectivity index (χ0v) is 9.93. The number of pyridine rings is 1. The fraction of sp³-hybridized carbons (Fsp3) is 0.333. The van der Waals surface area contributed by atoms with E-state index in [1.807, 2.05) is 26.1 Å². The molecule has 90 valence electrons. The Morgan fingerprint density at radius 2 is 2.24 bits per heavy atom. The molecule has 5 nitrogen and oxygen atoms in total. The molecule has 2 aromatic heterocycles. The molecule has 0 aliphatic carbocycles. The largest absolute Gasteiger partial charge is 0.361 e. The number of H-pyrrole nitrogens is 1. The van der Waals surface area contributed by atoms with E-state index in [0.717, 1.165) is 17.0 Å². The van der Waals surface area contributed by atoms with E-state index in [0.29, 0.717) is 13.1 Å². The SMILES string of the molecule is Cc1cc(CN(C)Cc2cc[nH]c(=O)c2)no1. The Hall–Kier alpha value is -1.88. The van der Waals surface area contributed by atoms with Crippen LogP contribution in [0.3, 0.4) is 0 Å². The average Bonchev–Trinajstić information content (AvgIpc) is 2.63. The van der Waals surface area contributed by atoms with Gasteiger partial charge in [-0.2, -0.15) is 0 Å². The Balaban J connectivity index is 1.97. The topological polar surface area (TPSA) is 62.1 Å². The van der Waals surface area contributed by atoms with Crippen LogP contribution in [0, 0.1) is 6.92 Å². The summed E-state index contributed by atoms with van der Waals surface area (Å²) >= 11 is 0. The molecule has 0 spiro atoms. The molecule has 0 saturated heterocycles. The molecule has 17 heavy (non-hydrogen) atoms. The molecule has 0 bridgehead atoms. The van der Waals surface area contributed by atoms with Crippen molar-refractivity contribution in [2.75, 3.05) is 7.05 Å². The molecule has 0 aromatic carbocycles. The average molecular weight is 233 g/mol. The molecule has 0 radical (unpaired) electrons. The highest BCUT2D eigenvalue weighted by Gasteiger charge is 2.05. The third-order valence-electron chi connectivity index (χ3n) is 2.40. The lowest BCUT2D eigenvalue weighted by Gasteiger charge is -2.14. The fourth-order valence-corrected chi connectivity index (χ4v) is 1.72. The number of rotatable bonds is 4. The Kier molecular flexibility index (Phi) is 3.39. The van der Waals surface area contributed by atoms with Gasteiger partial charge >= 0.3 is 0 Å². The maximum atomic E-state index is 11.1. The lowest BCUT2D eigenvalue weighted by atomic mass is 10.2. The third-order valence-corrected chi connectivity index (χ3v) is 2.40. The van der Waals surface area contributed by atoms with Crippen LogP contribution in [0.1, 0.15) is 17.0 Å². The van der Waals surface area contributed by atoms with Crippen molar-refractivity contribution in [2.45, 2.75) is 20.0 Å². The highest BCUT2D eigenvalue weighted by molar-refractivity contribution is 5.10. The zero-order chi connectivity index (χ0) is 12.3. The van der Waals surface area contributed by atoms with Crippen LogP contribution < -0.4 is 5.56 Å². The van der Waals surface area contributed by atoms with Gasteiger partial charge < -0.3 is 9.51 Å². The minimum Gasteiger partial charge on any atom is -0.361 e. The standard InChI is InChI=1S/C12H15N3O2/c1-9-5-11(14-17-9)8-15(2)7-10-3-4-13-12(16)6-10/h3-6H,7-8H2,1-2H3,(H,13,16). The minimum absolute atomic E-state index is 0.0758. The summed E-state index contributed by atoms with van der Waals surface area (Å²) < 4.78 is 5.00. The summed E-state index contributed by atoms with van der Waals surface area (Å²) in [6, 6.07) is 5.41. The van der Waals surface area contributed by atoms with Gasteiger partial charge in [0.2, 0.25) is 5.56 Å². The molecule has 2 heterocycles. The van der Waals surface area contributed by atoms with Crippen LogP contribution in [0.25, 0.3) is 0 Å². The van der Waals surface area contributed by atoms with Crippen molar-refractivity contribution in [2.24, 2.45) is 0 Å². The second kappa shape index (κ2) is 4.97. The van der Waals surface area contributed by atoms with Gasteiger partial charge in [-0.1, -0.05) is 5.16 Å². The molecule has 0 aliphatic heterocycles. The molecule has 0 fully saturated rings. The van der Waals surface area contributed by atoms with Crippen LogP contribution in [-0.4, -0.2) is 22.1 Å². The summed E-state index contributed by atoms with van der Waals surface area (Å²) in [5.41, 5.74) is 1.81. The predicted octanol–water partition coefficient (Wildman–Crippen LogP) is 1.30. The number of nitrogens with one attached hydrogen (secondary N) is 1. The van der Waals surface area contributed by atoms with Gasteiger partial charge in [-0.15, -0.1) is 0 Å². The molecule has 0 amide bonds. The molecule has 0 unspecified atom stereocenters. The van der Waals surface area contributed by atoms with Crippen LogP contribution in [-0.2, 0) is 13.1 Å². The van der Waals surface area contributed by atoms with Crippen LogP contribution in [0.15, 0.2) is 33.7 Å². The van der Waals surface area contributed by atoms with Crippen LogP contribution >= 0.6 is 0 Å². The highest BCUT2D eigenvalue weighted by Crippen LogP contribution is 2.07. The summed E-state index contributed by atoms with van der Waals surface area (Å²) in [4.78, 5) is 15.8. The molecule has 0 saturated carbocycles. The second-order valence-electron chi connectivity index (χ2n) is 4.16.